The van der Waals surface area contributed by atoms with Gasteiger partial charge in [0.2, 0.25) is 0 Å². The molecule has 0 aliphatic carbocycles. The van der Waals surface area contributed by atoms with Gasteiger partial charge in [0.15, 0.2) is 0 Å². The van der Waals surface area contributed by atoms with E-state index in [1.54, 1.807) is 13.2 Å². The number of halogens is 1. The van der Waals surface area contributed by atoms with Crippen LogP contribution < -0.4 is 4.74 Å². The van der Waals surface area contributed by atoms with E-state index in [2.05, 4.69) is 15.9 Å². The number of rotatable bonds is 4. The number of methoxy groups -OCH3 is 1. The van der Waals surface area contributed by atoms with Crippen LogP contribution in [0.4, 0.5) is 0 Å². The smallest absolute Gasteiger partial charge is 0.132 e. The molecule has 1 atom stereocenters. The van der Waals surface area contributed by atoms with Gasteiger partial charge in [0.25, 0.3) is 0 Å². The Bertz CT molecular complexity index is 534. The number of furan rings is 1. The Morgan fingerprint density at radius 1 is 1.33 bits per heavy atom. The van der Waals surface area contributed by atoms with Crippen LogP contribution in [0.5, 0.6) is 5.75 Å². The van der Waals surface area contributed by atoms with Crippen molar-refractivity contribution >= 4 is 15.9 Å². The van der Waals surface area contributed by atoms with Crippen molar-refractivity contribution in [2.45, 2.75) is 19.4 Å². The highest BCUT2D eigenvalue weighted by atomic mass is 79.9. The van der Waals surface area contributed by atoms with E-state index in [4.69, 9.17) is 9.15 Å². The van der Waals surface area contributed by atoms with Crippen molar-refractivity contribution < 1.29 is 14.3 Å². The maximum atomic E-state index is 10.1. The Morgan fingerprint density at radius 3 is 2.72 bits per heavy atom. The van der Waals surface area contributed by atoms with Gasteiger partial charge >= 0.3 is 0 Å². The molecule has 1 unspecified atom stereocenters. The molecule has 1 heterocycles. The molecule has 18 heavy (non-hydrogen) atoms. The van der Waals surface area contributed by atoms with Gasteiger partial charge in [-0.05, 0) is 42.8 Å². The number of ether oxygens (including phenoxy) is 1. The van der Waals surface area contributed by atoms with E-state index >= 15 is 0 Å². The predicted molar refractivity (Wildman–Crippen MR) is 72.8 cm³/mol. The van der Waals surface area contributed by atoms with Crippen LogP contribution in [0.2, 0.25) is 0 Å². The van der Waals surface area contributed by atoms with E-state index < -0.39 is 6.10 Å². The van der Waals surface area contributed by atoms with Crippen molar-refractivity contribution in [3.05, 3.63) is 51.9 Å². The Hall–Kier alpha value is -1.26. The topological polar surface area (TPSA) is 42.6 Å². The summed E-state index contributed by atoms with van der Waals surface area (Å²) < 4.78 is 11.5. The molecule has 0 spiro atoms. The van der Waals surface area contributed by atoms with E-state index in [9.17, 15) is 5.11 Å². The summed E-state index contributed by atoms with van der Waals surface area (Å²) in [6.07, 6.45) is -0.174. The molecule has 2 aromatic rings. The second-order valence-electron chi connectivity index (χ2n) is 4.13. The first-order chi connectivity index (χ1) is 8.60. The van der Waals surface area contributed by atoms with E-state index in [0.29, 0.717) is 12.2 Å². The van der Waals surface area contributed by atoms with Gasteiger partial charge < -0.3 is 14.3 Å². The van der Waals surface area contributed by atoms with Crippen molar-refractivity contribution in [1.29, 1.82) is 0 Å². The lowest BCUT2D eigenvalue weighted by atomic mass is 10.1. The average Bonchev–Trinajstić information content (AvgIpc) is 2.79. The molecule has 0 aliphatic rings. The largest absolute Gasteiger partial charge is 0.497 e. The summed E-state index contributed by atoms with van der Waals surface area (Å²) in [5, 5.41) is 10.1. The standard InChI is InChI=1S/C14H15BrO3/c1-9-3-6-14(18-9)13(16)8-10-7-11(17-2)4-5-12(10)15/h3-7,13,16H,8H2,1-2H3. The third kappa shape index (κ3) is 2.94. The third-order valence-corrected chi connectivity index (χ3v) is 3.53. The third-order valence-electron chi connectivity index (χ3n) is 2.76. The van der Waals surface area contributed by atoms with Gasteiger partial charge in [0.05, 0.1) is 7.11 Å². The highest BCUT2D eigenvalue weighted by Crippen LogP contribution is 2.28. The Balaban J connectivity index is 2.18. The van der Waals surface area contributed by atoms with E-state index in [1.165, 1.54) is 0 Å². The summed E-state index contributed by atoms with van der Waals surface area (Å²) in [5.41, 5.74) is 0.982. The summed E-state index contributed by atoms with van der Waals surface area (Å²) in [5.74, 6) is 2.16. The number of aliphatic hydroxyl groups is 1. The number of benzene rings is 1. The fourth-order valence-corrected chi connectivity index (χ4v) is 2.18. The van der Waals surface area contributed by atoms with E-state index in [-0.39, 0.29) is 0 Å². The second-order valence-corrected chi connectivity index (χ2v) is 4.98. The maximum Gasteiger partial charge on any atom is 0.132 e. The van der Waals surface area contributed by atoms with Gasteiger partial charge in [0, 0.05) is 10.9 Å². The summed E-state index contributed by atoms with van der Waals surface area (Å²) in [7, 11) is 1.62. The summed E-state index contributed by atoms with van der Waals surface area (Å²) >= 11 is 3.47. The van der Waals surface area contributed by atoms with Crippen molar-refractivity contribution in [1.82, 2.24) is 0 Å². The van der Waals surface area contributed by atoms with Gasteiger partial charge in [-0.3, -0.25) is 0 Å². The van der Waals surface area contributed by atoms with Gasteiger partial charge in [0.1, 0.15) is 23.4 Å². The van der Waals surface area contributed by atoms with Crippen molar-refractivity contribution in [3.63, 3.8) is 0 Å². The van der Waals surface area contributed by atoms with Gasteiger partial charge in [-0.1, -0.05) is 15.9 Å². The second kappa shape index (κ2) is 5.59. The first-order valence-electron chi connectivity index (χ1n) is 5.67. The van der Waals surface area contributed by atoms with Crippen LogP contribution in [-0.4, -0.2) is 12.2 Å². The molecule has 96 valence electrons. The van der Waals surface area contributed by atoms with Crippen LogP contribution in [0.3, 0.4) is 0 Å². The van der Waals surface area contributed by atoms with Crippen molar-refractivity contribution in [2.24, 2.45) is 0 Å². The molecule has 3 nitrogen and oxygen atoms in total. The van der Waals surface area contributed by atoms with E-state index in [0.717, 1.165) is 21.5 Å². The fourth-order valence-electron chi connectivity index (χ4n) is 1.78. The predicted octanol–water partition coefficient (Wildman–Crippen LogP) is 3.64. The van der Waals surface area contributed by atoms with Gasteiger partial charge in [-0.15, -0.1) is 0 Å². The SMILES string of the molecule is COc1ccc(Br)c(CC(O)c2ccc(C)o2)c1. The molecule has 0 saturated carbocycles. The molecule has 1 aromatic carbocycles. The fraction of sp³-hybridized carbons (Fsp3) is 0.286. The average molecular weight is 311 g/mol. The van der Waals surface area contributed by atoms with Gasteiger partial charge in [-0.2, -0.15) is 0 Å². The number of aryl methyl sites for hydroxylation is 1. The molecule has 0 saturated heterocycles. The number of aliphatic hydroxyl groups excluding tert-OH is 1. The Kier molecular flexibility index (Phi) is 4.09. The van der Waals surface area contributed by atoms with Crippen molar-refractivity contribution in [3.8, 4) is 5.75 Å². The molecular weight excluding hydrogens is 296 g/mol. The Morgan fingerprint density at radius 2 is 2.11 bits per heavy atom. The first kappa shape index (κ1) is 13.2. The minimum Gasteiger partial charge on any atom is -0.497 e. The number of hydrogen-bond acceptors (Lipinski definition) is 3. The molecule has 0 aliphatic heterocycles. The summed E-state index contributed by atoms with van der Waals surface area (Å²) in [6, 6.07) is 9.33. The summed E-state index contributed by atoms with van der Waals surface area (Å²) in [4.78, 5) is 0. The molecule has 1 N–H and O–H groups in total. The van der Waals surface area contributed by atoms with Crippen LogP contribution in [0.15, 0.2) is 39.2 Å². The van der Waals surface area contributed by atoms with Crippen LogP contribution in [-0.2, 0) is 6.42 Å². The molecule has 0 bridgehead atoms. The lowest BCUT2D eigenvalue weighted by molar-refractivity contribution is 0.148. The molecule has 1 aromatic heterocycles. The van der Waals surface area contributed by atoms with E-state index in [1.807, 2.05) is 31.2 Å². The molecule has 0 amide bonds. The minimum atomic E-state index is -0.651. The highest BCUT2D eigenvalue weighted by Gasteiger charge is 2.14. The molecule has 0 radical (unpaired) electrons. The number of hydrogen-bond donors (Lipinski definition) is 1. The monoisotopic (exact) mass is 310 g/mol. The van der Waals surface area contributed by atoms with Crippen LogP contribution in [0, 0.1) is 6.92 Å². The minimum absolute atomic E-state index is 0.477. The molecule has 0 fully saturated rings. The van der Waals surface area contributed by atoms with Gasteiger partial charge in [-0.25, -0.2) is 0 Å². The normalized spacial score (nSPS) is 12.4. The van der Waals surface area contributed by atoms with Crippen molar-refractivity contribution in [2.75, 3.05) is 7.11 Å². The zero-order chi connectivity index (χ0) is 13.1. The molecule has 2 rings (SSSR count). The zero-order valence-corrected chi connectivity index (χ0v) is 11.9. The lowest BCUT2D eigenvalue weighted by Crippen LogP contribution is -2.01. The molecular formula is C14H15BrO3. The summed E-state index contributed by atoms with van der Waals surface area (Å²) in [6.45, 7) is 1.86. The zero-order valence-electron chi connectivity index (χ0n) is 10.3. The maximum absolute atomic E-state index is 10.1. The first-order valence-corrected chi connectivity index (χ1v) is 6.46. The quantitative estimate of drug-likeness (QED) is 0.937. The Labute approximate surface area is 115 Å². The molecule has 4 heteroatoms. The van der Waals surface area contributed by atoms with Crippen LogP contribution in [0.25, 0.3) is 0 Å². The van der Waals surface area contributed by atoms with Crippen LogP contribution >= 0.6 is 15.9 Å². The van der Waals surface area contributed by atoms with Crippen LogP contribution in [0.1, 0.15) is 23.2 Å². The highest BCUT2D eigenvalue weighted by molar-refractivity contribution is 9.10. The lowest BCUT2D eigenvalue weighted by Gasteiger charge is -2.11.